The number of hydrogen-bond donors (Lipinski definition) is 0. The van der Waals surface area contributed by atoms with Crippen LogP contribution in [-0.2, 0) is 4.79 Å². The van der Waals surface area contributed by atoms with Crippen molar-refractivity contribution >= 4 is 40.9 Å². The molecule has 0 saturated carbocycles. The van der Waals surface area contributed by atoms with E-state index in [1.807, 2.05) is 58.0 Å². The molecule has 1 amide bonds. The summed E-state index contributed by atoms with van der Waals surface area (Å²) < 4.78 is 7.60. The fraction of sp³-hybridized carbons (Fsp3) is 0.318. The summed E-state index contributed by atoms with van der Waals surface area (Å²) in [7, 11) is 0. The molecular weight excluding hydrogens is 469 g/mol. The van der Waals surface area contributed by atoms with E-state index in [-0.39, 0.29) is 5.91 Å². The maximum absolute atomic E-state index is 12.7. The minimum atomic E-state index is 0.0996. The number of halogens is 2. The summed E-state index contributed by atoms with van der Waals surface area (Å²) >= 11 is 13.6. The number of carbonyl (C=O) groups is 1. The number of amides is 1. The first kappa shape index (κ1) is 22.9. The van der Waals surface area contributed by atoms with E-state index in [1.54, 1.807) is 6.33 Å². The van der Waals surface area contributed by atoms with Gasteiger partial charge >= 0.3 is 0 Å². The first-order chi connectivity index (χ1) is 15.6. The monoisotopic (exact) mass is 491 g/mol. The second-order valence-corrected chi connectivity index (χ2v) is 9.04. The lowest BCUT2D eigenvalue weighted by molar-refractivity contribution is -0.130. The largest absolute Gasteiger partial charge is 0.491 e. The number of rotatable bonds is 8. The molecule has 3 aromatic rings. The first-order valence-corrected chi connectivity index (χ1v) is 12.0. The average molecular weight is 492 g/mol. The number of piperazine rings is 1. The topological polar surface area (TPSA) is 63.5 Å². The van der Waals surface area contributed by atoms with E-state index in [2.05, 4.69) is 15.1 Å². The molecule has 0 aliphatic carbocycles. The summed E-state index contributed by atoms with van der Waals surface area (Å²) in [6, 6.07) is 14.9. The summed E-state index contributed by atoms with van der Waals surface area (Å²) in [4.78, 5) is 16.9. The summed E-state index contributed by atoms with van der Waals surface area (Å²) in [5.41, 5.74) is 0.866. The molecule has 0 N–H and O–H groups in total. The van der Waals surface area contributed by atoms with Gasteiger partial charge in [0.25, 0.3) is 0 Å². The van der Waals surface area contributed by atoms with E-state index < -0.39 is 0 Å². The van der Waals surface area contributed by atoms with E-state index in [4.69, 9.17) is 27.9 Å². The Morgan fingerprint density at radius 2 is 1.88 bits per heavy atom. The molecule has 0 unspecified atom stereocenters. The Balaban J connectivity index is 1.21. The molecule has 1 saturated heterocycles. The number of benzene rings is 2. The third-order valence-corrected chi connectivity index (χ3v) is 6.63. The zero-order valence-corrected chi connectivity index (χ0v) is 19.7. The van der Waals surface area contributed by atoms with Gasteiger partial charge in [-0.2, -0.15) is 0 Å². The van der Waals surface area contributed by atoms with Gasteiger partial charge in [0.2, 0.25) is 5.91 Å². The van der Waals surface area contributed by atoms with Crippen LogP contribution in [0.25, 0.3) is 5.69 Å². The van der Waals surface area contributed by atoms with Crippen molar-refractivity contribution in [3.05, 3.63) is 64.9 Å². The van der Waals surface area contributed by atoms with Crippen LogP contribution in [0.5, 0.6) is 5.75 Å². The molecule has 1 fully saturated rings. The minimum Gasteiger partial charge on any atom is -0.491 e. The van der Waals surface area contributed by atoms with Crippen molar-refractivity contribution in [2.45, 2.75) is 5.16 Å². The van der Waals surface area contributed by atoms with E-state index in [0.29, 0.717) is 46.4 Å². The lowest BCUT2D eigenvalue weighted by Crippen LogP contribution is -2.50. The normalized spacial score (nSPS) is 14.5. The fourth-order valence-corrected chi connectivity index (χ4v) is 4.62. The van der Waals surface area contributed by atoms with Crippen molar-refractivity contribution in [3.63, 3.8) is 0 Å². The third-order valence-electron chi connectivity index (χ3n) is 5.15. The molecule has 7 nitrogen and oxygen atoms in total. The zero-order chi connectivity index (χ0) is 22.3. The number of thioether (sulfide) groups is 1. The number of carbonyl (C=O) groups excluding carboxylic acids is 1. The molecule has 1 aliphatic rings. The number of aromatic nitrogens is 3. The van der Waals surface area contributed by atoms with Crippen molar-refractivity contribution in [2.24, 2.45) is 0 Å². The van der Waals surface area contributed by atoms with Crippen LogP contribution < -0.4 is 4.74 Å². The molecule has 10 heteroatoms. The standard InChI is InChI=1S/C22H23Cl2N5O2S/c23-17-4-3-5-18(14-17)29-16-25-26-22(29)32-15-21(30)28-10-8-27(9-11-28)12-13-31-20-7-2-1-6-19(20)24/h1-7,14,16H,8-13,15H2. The first-order valence-electron chi connectivity index (χ1n) is 10.3. The highest BCUT2D eigenvalue weighted by Crippen LogP contribution is 2.23. The molecule has 1 aromatic heterocycles. The summed E-state index contributed by atoms with van der Waals surface area (Å²) in [6.07, 6.45) is 1.63. The van der Waals surface area contributed by atoms with Crippen LogP contribution in [-0.4, -0.2) is 75.6 Å². The molecule has 0 radical (unpaired) electrons. The molecule has 168 valence electrons. The lowest BCUT2D eigenvalue weighted by Gasteiger charge is -2.34. The van der Waals surface area contributed by atoms with Gasteiger partial charge in [0.05, 0.1) is 16.5 Å². The van der Waals surface area contributed by atoms with Crippen molar-refractivity contribution < 1.29 is 9.53 Å². The third kappa shape index (κ3) is 5.95. The highest BCUT2D eigenvalue weighted by Gasteiger charge is 2.22. The molecular formula is C22H23Cl2N5O2S. The molecule has 1 aliphatic heterocycles. The van der Waals surface area contributed by atoms with Crippen LogP contribution in [0.2, 0.25) is 10.0 Å². The maximum atomic E-state index is 12.7. The van der Waals surface area contributed by atoms with E-state index in [0.717, 1.165) is 25.3 Å². The van der Waals surface area contributed by atoms with Crippen LogP contribution in [0.4, 0.5) is 0 Å². The van der Waals surface area contributed by atoms with Gasteiger partial charge in [-0.3, -0.25) is 14.3 Å². The molecule has 2 heterocycles. The van der Waals surface area contributed by atoms with E-state index in [9.17, 15) is 4.79 Å². The van der Waals surface area contributed by atoms with Crippen LogP contribution >= 0.6 is 35.0 Å². The van der Waals surface area contributed by atoms with Gasteiger partial charge in [-0.15, -0.1) is 10.2 Å². The summed E-state index contributed by atoms with van der Waals surface area (Å²) in [6.45, 7) is 4.40. The number of hydrogen-bond acceptors (Lipinski definition) is 6. The minimum absolute atomic E-state index is 0.0996. The van der Waals surface area contributed by atoms with E-state index >= 15 is 0 Å². The van der Waals surface area contributed by atoms with Crippen LogP contribution in [0.15, 0.2) is 60.0 Å². The number of para-hydroxylation sites is 1. The Kier molecular flexibility index (Phi) is 7.91. The molecule has 2 aromatic carbocycles. The van der Waals surface area contributed by atoms with Crippen molar-refractivity contribution in [1.29, 1.82) is 0 Å². The predicted octanol–water partition coefficient (Wildman–Crippen LogP) is 3.89. The Hall–Kier alpha value is -2.26. The van der Waals surface area contributed by atoms with Gasteiger partial charge in [-0.25, -0.2) is 0 Å². The van der Waals surface area contributed by atoms with Gasteiger partial charge in [0.1, 0.15) is 18.7 Å². The molecule has 32 heavy (non-hydrogen) atoms. The predicted molar refractivity (Wildman–Crippen MR) is 127 cm³/mol. The van der Waals surface area contributed by atoms with E-state index in [1.165, 1.54) is 11.8 Å². The highest BCUT2D eigenvalue weighted by atomic mass is 35.5. The van der Waals surface area contributed by atoms with Gasteiger partial charge in [0.15, 0.2) is 5.16 Å². The summed E-state index contributed by atoms with van der Waals surface area (Å²) in [5.74, 6) is 1.11. The quantitative estimate of drug-likeness (QED) is 0.445. The maximum Gasteiger partial charge on any atom is 0.233 e. The Labute approximate surface area is 201 Å². The SMILES string of the molecule is O=C(CSc1nncn1-c1cccc(Cl)c1)N1CCN(CCOc2ccccc2Cl)CC1. The van der Waals surface area contributed by atoms with Crippen LogP contribution in [0.1, 0.15) is 0 Å². The molecule has 0 spiro atoms. The smallest absolute Gasteiger partial charge is 0.233 e. The van der Waals surface area contributed by atoms with Crippen molar-refractivity contribution in [2.75, 3.05) is 45.1 Å². The second kappa shape index (κ2) is 11.0. The second-order valence-electron chi connectivity index (χ2n) is 7.25. The van der Waals surface area contributed by atoms with Gasteiger partial charge in [-0.1, -0.05) is 53.2 Å². The zero-order valence-electron chi connectivity index (χ0n) is 17.4. The fourth-order valence-electron chi connectivity index (χ4n) is 3.41. The van der Waals surface area contributed by atoms with Gasteiger partial charge in [0, 0.05) is 37.7 Å². The van der Waals surface area contributed by atoms with Gasteiger partial charge in [-0.05, 0) is 30.3 Å². The molecule has 0 atom stereocenters. The molecule has 4 rings (SSSR count). The highest BCUT2D eigenvalue weighted by molar-refractivity contribution is 7.99. The Morgan fingerprint density at radius 3 is 2.66 bits per heavy atom. The molecule has 0 bridgehead atoms. The van der Waals surface area contributed by atoms with Gasteiger partial charge < -0.3 is 9.64 Å². The average Bonchev–Trinajstić information content (AvgIpc) is 3.28. The number of nitrogens with zero attached hydrogens (tertiary/aromatic N) is 5. The Morgan fingerprint density at radius 1 is 1.06 bits per heavy atom. The van der Waals surface area contributed by atoms with Crippen molar-refractivity contribution in [1.82, 2.24) is 24.6 Å². The van der Waals surface area contributed by atoms with Crippen molar-refractivity contribution in [3.8, 4) is 11.4 Å². The Bertz CT molecular complexity index is 1060. The summed E-state index contributed by atoms with van der Waals surface area (Å²) in [5, 5.41) is 10.0. The van der Waals surface area contributed by atoms with Crippen LogP contribution in [0, 0.1) is 0 Å². The van der Waals surface area contributed by atoms with Crippen LogP contribution in [0.3, 0.4) is 0 Å². The number of ether oxygens (including phenoxy) is 1. The lowest BCUT2D eigenvalue weighted by atomic mass is 10.3.